The predicted molar refractivity (Wildman–Crippen MR) is 83.1 cm³/mol. The smallest absolute Gasteiger partial charge is 0.132 e. The van der Waals surface area contributed by atoms with Gasteiger partial charge in [0.2, 0.25) is 0 Å². The lowest BCUT2D eigenvalue weighted by atomic mass is 10.1. The highest BCUT2D eigenvalue weighted by atomic mass is 19.1. The van der Waals surface area contributed by atoms with E-state index < -0.39 is 0 Å². The molecule has 2 aromatic rings. The second-order valence-corrected chi connectivity index (χ2v) is 5.17. The van der Waals surface area contributed by atoms with E-state index in [1.54, 1.807) is 6.07 Å². The maximum absolute atomic E-state index is 14.3. The van der Waals surface area contributed by atoms with Crippen LogP contribution in [-0.4, -0.2) is 16.4 Å². The quantitative estimate of drug-likeness (QED) is 0.888. The summed E-state index contributed by atoms with van der Waals surface area (Å²) in [5.74, 6) is -0.185. The van der Waals surface area contributed by atoms with Gasteiger partial charge in [-0.2, -0.15) is 0 Å². The molecule has 0 atom stereocenters. The fourth-order valence-electron chi connectivity index (χ4n) is 2.35. The van der Waals surface area contributed by atoms with Crippen LogP contribution in [0.1, 0.15) is 29.4 Å². The lowest BCUT2D eigenvalue weighted by Crippen LogP contribution is -2.24. The van der Waals surface area contributed by atoms with Crippen LogP contribution in [0, 0.1) is 12.7 Å². The molecule has 0 saturated carbocycles. The summed E-state index contributed by atoms with van der Waals surface area (Å²) < 4.78 is 14.3. The lowest BCUT2D eigenvalue weighted by Gasteiger charge is -2.21. The van der Waals surface area contributed by atoms with Crippen LogP contribution in [-0.2, 0) is 19.6 Å². The molecule has 4 heteroatoms. The number of hydrogen-bond donors (Lipinski definition) is 1. The van der Waals surface area contributed by atoms with Gasteiger partial charge in [-0.1, -0.05) is 31.2 Å². The van der Waals surface area contributed by atoms with E-state index in [9.17, 15) is 4.39 Å². The van der Waals surface area contributed by atoms with Crippen molar-refractivity contribution < 1.29 is 4.39 Å². The van der Waals surface area contributed by atoms with Gasteiger partial charge >= 0.3 is 0 Å². The number of hydrogen-bond acceptors (Lipinski definition) is 3. The van der Waals surface area contributed by atoms with E-state index in [-0.39, 0.29) is 12.4 Å². The maximum Gasteiger partial charge on any atom is 0.132 e. The molecule has 0 aliphatic heterocycles. The molecule has 3 nitrogen and oxygen atoms in total. The van der Waals surface area contributed by atoms with E-state index in [1.807, 2.05) is 37.3 Å². The number of aryl methyl sites for hydroxylation is 1. The van der Waals surface area contributed by atoms with Crippen molar-refractivity contribution in [1.82, 2.24) is 9.88 Å². The van der Waals surface area contributed by atoms with Gasteiger partial charge in [-0.25, -0.2) is 4.39 Å². The zero-order chi connectivity index (χ0) is 15.2. The second-order valence-electron chi connectivity index (χ2n) is 5.17. The van der Waals surface area contributed by atoms with Gasteiger partial charge in [0.1, 0.15) is 5.82 Å². The van der Waals surface area contributed by atoms with Crippen molar-refractivity contribution >= 4 is 0 Å². The minimum atomic E-state index is -0.185. The first-order valence-electron chi connectivity index (χ1n) is 7.25. The van der Waals surface area contributed by atoms with Gasteiger partial charge in [0.15, 0.2) is 0 Å². The third-order valence-corrected chi connectivity index (χ3v) is 3.55. The fourth-order valence-corrected chi connectivity index (χ4v) is 2.35. The summed E-state index contributed by atoms with van der Waals surface area (Å²) in [6.07, 6.45) is 0. The molecule has 1 aromatic carbocycles. The third kappa shape index (κ3) is 4.09. The summed E-state index contributed by atoms with van der Waals surface area (Å²) in [6.45, 7) is 6.38. The van der Waals surface area contributed by atoms with Gasteiger partial charge in [-0.15, -0.1) is 0 Å². The Bertz CT molecular complexity index is 598. The minimum Gasteiger partial charge on any atom is -0.326 e. The van der Waals surface area contributed by atoms with Crippen LogP contribution in [0.5, 0.6) is 0 Å². The highest BCUT2D eigenvalue weighted by molar-refractivity contribution is 5.26. The van der Waals surface area contributed by atoms with E-state index in [1.165, 1.54) is 0 Å². The van der Waals surface area contributed by atoms with Crippen LogP contribution in [0.3, 0.4) is 0 Å². The van der Waals surface area contributed by atoms with Gasteiger partial charge in [0.25, 0.3) is 0 Å². The van der Waals surface area contributed by atoms with Crippen molar-refractivity contribution in [3.63, 3.8) is 0 Å². The van der Waals surface area contributed by atoms with Crippen LogP contribution in [0.4, 0.5) is 4.39 Å². The molecule has 0 amide bonds. The Labute approximate surface area is 125 Å². The number of halogens is 1. The van der Waals surface area contributed by atoms with Gasteiger partial charge in [0.05, 0.1) is 5.69 Å². The summed E-state index contributed by atoms with van der Waals surface area (Å²) in [6, 6.07) is 11.4. The summed E-state index contributed by atoms with van der Waals surface area (Å²) in [4.78, 5) is 6.67. The average Bonchev–Trinajstić information content (AvgIpc) is 2.48. The number of nitrogens with two attached hydrogens (primary N) is 1. The van der Waals surface area contributed by atoms with Gasteiger partial charge < -0.3 is 5.73 Å². The molecule has 0 aliphatic carbocycles. The van der Waals surface area contributed by atoms with Crippen molar-refractivity contribution in [2.75, 3.05) is 6.54 Å². The summed E-state index contributed by atoms with van der Waals surface area (Å²) >= 11 is 0. The Kier molecular flexibility index (Phi) is 5.42. The van der Waals surface area contributed by atoms with Crippen molar-refractivity contribution in [2.24, 2.45) is 5.73 Å². The zero-order valence-electron chi connectivity index (χ0n) is 12.6. The average molecular weight is 287 g/mol. The topological polar surface area (TPSA) is 42.2 Å². The van der Waals surface area contributed by atoms with E-state index in [4.69, 9.17) is 5.73 Å². The molecule has 0 radical (unpaired) electrons. The Morgan fingerprint density at radius 1 is 1.10 bits per heavy atom. The summed E-state index contributed by atoms with van der Waals surface area (Å²) in [5.41, 5.74) is 8.82. The van der Waals surface area contributed by atoms with E-state index in [0.717, 1.165) is 17.9 Å². The number of aromatic nitrogens is 1. The van der Waals surface area contributed by atoms with Crippen LogP contribution in [0.25, 0.3) is 0 Å². The standard InChI is InChI=1S/C17H22FN3/c1-3-21(12-16-9-4-6-13(2)20-16)11-15-8-5-7-14(10-19)17(15)18/h4-9H,3,10-12,19H2,1-2H3. The molecule has 0 aliphatic rings. The number of rotatable bonds is 6. The van der Waals surface area contributed by atoms with E-state index in [2.05, 4.69) is 16.8 Å². The van der Waals surface area contributed by atoms with Crippen molar-refractivity contribution in [1.29, 1.82) is 0 Å². The molecule has 0 bridgehead atoms. The zero-order valence-corrected chi connectivity index (χ0v) is 12.6. The third-order valence-electron chi connectivity index (χ3n) is 3.55. The Hall–Kier alpha value is -1.78. The Morgan fingerprint density at radius 2 is 1.81 bits per heavy atom. The maximum atomic E-state index is 14.3. The van der Waals surface area contributed by atoms with Gasteiger partial charge in [-0.05, 0) is 25.6 Å². The largest absolute Gasteiger partial charge is 0.326 e. The fraction of sp³-hybridized carbons (Fsp3) is 0.353. The lowest BCUT2D eigenvalue weighted by molar-refractivity contribution is 0.264. The van der Waals surface area contributed by atoms with Crippen LogP contribution >= 0.6 is 0 Å². The molecule has 0 unspecified atom stereocenters. The highest BCUT2D eigenvalue weighted by Crippen LogP contribution is 2.16. The molecule has 2 N–H and O–H groups in total. The van der Waals surface area contributed by atoms with Crippen LogP contribution < -0.4 is 5.73 Å². The molecule has 0 fully saturated rings. The van der Waals surface area contributed by atoms with Crippen molar-refractivity contribution in [2.45, 2.75) is 33.5 Å². The van der Waals surface area contributed by atoms with E-state index in [0.29, 0.717) is 24.2 Å². The molecule has 21 heavy (non-hydrogen) atoms. The molecule has 0 saturated heterocycles. The molecule has 0 spiro atoms. The van der Waals surface area contributed by atoms with Crippen molar-refractivity contribution in [3.05, 3.63) is 64.7 Å². The van der Waals surface area contributed by atoms with E-state index >= 15 is 0 Å². The first kappa shape index (κ1) is 15.6. The molecular weight excluding hydrogens is 265 g/mol. The highest BCUT2D eigenvalue weighted by Gasteiger charge is 2.11. The molecule has 1 heterocycles. The Morgan fingerprint density at radius 3 is 2.48 bits per heavy atom. The van der Waals surface area contributed by atoms with Crippen molar-refractivity contribution in [3.8, 4) is 0 Å². The SMILES string of the molecule is CCN(Cc1cccc(C)n1)Cc1cccc(CN)c1F. The monoisotopic (exact) mass is 287 g/mol. The second kappa shape index (κ2) is 7.29. The molecule has 1 aromatic heterocycles. The number of pyridine rings is 1. The predicted octanol–water partition coefficient (Wildman–Crippen LogP) is 3.01. The number of nitrogens with zero attached hydrogens (tertiary/aromatic N) is 2. The van der Waals surface area contributed by atoms with Gasteiger partial charge in [0, 0.05) is 36.5 Å². The van der Waals surface area contributed by atoms with Gasteiger partial charge in [-0.3, -0.25) is 9.88 Å². The summed E-state index contributed by atoms with van der Waals surface area (Å²) in [5, 5.41) is 0. The number of benzene rings is 1. The molecule has 2 rings (SSSR count). The minimum absolute atomic E-state index is 0.185. The first-order valence-corrected chi connectivity index (χ1v) is 7.25. The Balaban J connectivity index is 2.12. The normalized spacial score (nSPS) is 11.1. The molecule has 112 valence electrons. The summed E-state index contributed by atoms with van der Waals surface area (Å²) in [7, 11) is 0. The van der Waals surface area contributed by atoms with Crippen LogP contribution in [0.15, 0.2) is 36.4 Å². The molecular formula is C17H22FN3. The first-order chi connectivity index (χ1) is 10.1. The van der Waals surface area contributed by atoms with Crippen LogP contribution in [0.2, 0.25) is 0 Å².